The van der Waals surface area contributed by atoms with Crippen LogP contribution in [0.25, 0.3) is 0 Å². The van der Waals surface area contributed by atoms with Crippen LogP contribution < -0.4 is 0 Å². The second-order valence-electron chi connectivity index (χ2n) is 13.8. The van der Waals surface area contributed by atoms with Crippen LogP contribution >= 0.6 is 0 Å². The van der Waals surface area contributed by atoms with Crippen LogP contribution in [0.1, 0.15) is 73.6 Å². The third kappa shape index (κ3) is 11.8. The summed E-state index contributed by atoms with van der Waals surface area (Å²) in [4.78, 5) is 29.7. The van der Waals surface area contributed by atoms with Gasteiger partial charge in [0.2, 0.25) is 0 Å². The first-order valence-corrected chi connectivity index (χ1v) is 17.0. The standard InChI is InChI=1S/C35H58N2O9/c1-7-28(40)26(5)33-30(44-33)22-35(6,43)14-8-9-24(3)32-25(4)11-13-29(23(2)10-12-27(39)21-31(41)46-32)45-34(42)37-17-15-36(16-18-37)19-20-38/h8-9,11,13-14,23,25-30,32-33,38-40,43H,7,10,12,15-22H2,1-6H3/b13-11+,14-8+,24-9+. The highest BCUT2D eigenvalue weighted by Gasteiger charge is 2.47. The molecule has 2 saturated heterocycles. The minimum Gasteiger partial charge on any atom is -0.457 e. The molecule has 0 aromatic heterocycles. The SMILES string of the molecule is CCC(O)C(C)C1OC1CC(C)(O)/C=C/C=C(\C)C1OC(=O)CC(O)CCC(C)C(OC(=O)N2CCN(CCO)CC2)/C=C/C1C. The Kier molecular flexibility index (Phi) is 14.7. The number of hydrogen-bond donors (Lipinski definition) is 4. The van der Waals surface area contributed by atoms with Gasteiger partial charge >= 0.3 is 12.1 Å². The third-order valence-corrected chi connectivity index (χ3v) is 9.59. The normalized spacial score (nSPS) is 33.7. The number of β-amino-alcohol motifs (C(OH)–C–C–N with tert-alkyl or cyclic N) is 1. The molecule has 0 aromatic rings. The summed E-state index contributed by atoms with van der Waals surface area (Å²) in [6.07, 6.45) is 7.83. The van der Waals surface area contributed by atoms with Gasteiger partial charge in [0.15, 0.2) is 0 Å². The van der Waals surface area contributed by atoms with Crippen molar-refractivity contribution >= 4 is 12.1 Å². The Morgan fingerprint density at radius 2 is 1.89 bits per heavy atom. The maximum atomic E-state index is 13.1. The molecule has 0 saturated carbocycles. The fourth-order valence-corrected chi connectivity index (χ4v) is 6.29. The first-order valence-electron chi connectivity index (χ1n) is 17.0. The molecule has 3 aliphatic heterocycles. The van der Waals surface area contributed by atoms with Gasteiger partial charge < -0.3 is 39.5 Å². The van der Waals surface area contributed by atoms with E-state index in [2.05, 4.69) is 4.90 Å². The van der Waals surface area contributed by atoms with Crippen molar-refractivity contribution in [2.45, 2.75) is 116 Å². The van der Waals surface area contributed by atoms with Crippen molar-refractivity contribution in [3.63, 3.8) is 0 Å². The number of rotatable bonds is 11. The molecule has 3 heterocycles. The lowest BCUT2D eigenvalue weighted by Crippen LogP contribution is -2.50. The molecule has 46 heavy (non-hydrogen) atoms. The molecule has 0 aromatic carbocycles. The first kappa shape index (κ1) is 38.2. The summed E-state index contributed by atoms with van der Waals surface area (Å²) >= 11 is 0. The molecule has 4 N–H and O–H groups in total. The molecule has 0 spiro atoms. The van der Waals surface area contributed by atoms with E-state index in [0.29, 0.717) is 58.4 Å². The van der Waals surface area contributed by atoms with Gasteiger partial charge in [-0.3, -0.25) is 9.69 Å². The number of carbonyl (C=O) groups is 2. The second-order valence-corrected chi connectivity index (χ2v) is 13.8. The molecular formula is C35H58N2O9. The topological polar surface area (TPSA) is 153 Å². The van der Waals surface area contributed by atoms with Crippen LogP contribution in [0.4, 0.5) is 4.79 Å². The fourth-order valence-electron chi connectivity index (χ4n) is 6.29. The molecule has 262 valence electrons. The Morgan fingerprint density at radius 1 is 1.20 bits per heavy atom. The van der Waals surface area contributed by atoms with E-state index in [1.165, 1.54) is 0 Å². The summed E-state index contributed by atoms with van der Waals surface area (Å²) < 4.78 is 17.6. The smallest absolute Gasteiger partial charge is 0.410 e. The van der Waals surface area contributed by atoms with Crippen LogP contribution in [0.2, 0.25) is 0 Å². The number of nitrogens with zero attached hydrogens (tertiary/aromatic N) is 2. The summed E-state index contributed by atoms with van der Waals surface area (Å²) in [5.41, 5.74) is -0.378. The third-order valence-electron chi connectivity index (χ3n) is 9.59. The molecule has 3 aliphatic rings. The molecular weight excluding hydrogens is 592 g/mol. The van der Waals surface area contributed by atoms with Crippen LogP contribution in [0.5, 0.6) is 0 Å². The Balaban J connectivity index is 1.69. The van der Waals surface area contributed by atoms with Crippen LogP contribution in [-0.2, 0) is 19.0 Å². The van der Waals surface area contributed by atoms with Crippen molar-refractivity contribution in [2.75, 3.05) is 39.3 Å². The molecule has 0 radical (unpaired) electrons. The van der Waals surface area contributed by atoms with Crippen LogP contribution in [-0.4, -0.2) is 124 Å². The average molecular weight is 651 g/mol. The number of hydrogen-bond acceptors (Lipinski definition) is 10. The van der Waals surface area contributed by atoms with Gasteiger partial charge in [-0.25, -0.2) is 4.79 Å². The second kappa shape index (κ2) is 17.8. The molecule has 10 unspecified atom stereocenters. The Morgan fingerprint density at radius 3 is 2.54 bits per heavy atom. The molecule has 2 fully saturated rings. The highest BCUT2D eigenvalue weighted by molar-refractivity contribution is 5.70. The summed E-state index contributed by atoms with van der Waals surface area (Å²) in [5, 5.41) is 40.9. The van der Waals surface area contributed by atoms with E-state index in [1.807, 2.05) is 52.8 Å². The van der Waals surface area contributed by atoms with Gasteiger partial charge in [-0.15, -0.1) is 0 Å². The number of aliphatic hydroxyl groups is 4. The van der Waals surface area contributed by atoms with Gasteiger partial charge in [0, 0.05) is 51.0 Å². The van der Waals surface area contributed by atoms with Crippen molar-refractivity contribution in [2.24, 2.45) is 17.8 Å². The number of ether oxygens (including phenoxy) is 3. The predicted molar refractivity (Wildman–Crippen MR) is 175 cm³/mol. The average Bonchev–Trinajstić information content (AvgIpc) is 3.77. The highest BCUT2D eigenvalue weighted by Crippen LogP contribution is 2.37. The van der Waals surface area contributed by atoms with Gasteiger partial charge in [-0.1, -0.05) is 52.0 Å². The van der Waals surface area contributed by atoms with Crippen molar-refractivity contribution in [1.29, 1.82) is 0 Å². The monoisotopic (exact) mass is 650 g/mol. The zero-order valence-corrected chi connectivity index (χ0v) is 28.6. The Hall–Kier alpha value is -2.28. The summed E-state index contributed by atoms with van der Waals surface area (Å²) in [6.45, 7) is 14.4. The number of epoxide rings is 1. The molecule has 10 atom stereocenters. The van der Waals surface area contributed by atoms with Crippen molar-refractivity contribution in [3.05, 3.63) is 36.0 Å². The summed E-state index contributed by atoms with van der Waals surface area (Å²) in [5.74, 6) is -0.844. The van der Waals surface area contributed by atoms with E-state index >= 15 is 0 Å². The van der Waals surface area contributed by atoms with Crippen LogP contribution in [0, 0.1) is 17.8 Å². The number of aliphatic hydroxyl groups excluding tert-OH is 3. The van der Waals surface area contributed by atoms with Gasteiger partial charge in [-0.2, -0.15) is 0 Å². The largest absolute Gasteiger partial charge is 0.457 e. The van der Waals surface area contributed by atoms with Crippen LogP contribution in [0.15, 0.2) is 36.0 Å². The molecule has 0 bridgehead atoms. The van der Waals surface area contributed by atoms with Gasteiger partial charge in [0.25, 0.3) is 0 Å². The highest BCUT2D eigenvalue weighted by atomic mass is 16.6. The Labute approximate surface area is 274 Å². The lowest BCUT2D eigenvalue weighted by atomic mass is 9.91. The van der Waals surface area contributed by atoms with E-state index < -0.39 is 36.0 Å². The van der Waals surface area contributed by atoms with Gasteiger partial charge in [0.1, 0.15) is 12.2 Å². The lowest BCUT2D eigenvalue weighted by molar-refractivity contribution is -0.151. The Bertz CT molecular complexity index is 1070. The zero-order valence-electron chi connectivity index (χ0n) is 28.6. The number of amides is 1. The number of piperazine rings is 1. The van der Waals surface area contributed by atoms with Crippen molar-refractivity contribution in [1.82, 2.24) is 9.80 Å². The van der Waals surface area contributed by atoms with Crippen molar-refractivity contribution in [3.8, 4) is 0 Å². The van der Waals surface area contributed by atoms with Gasteiger partial charge in [-0.05, 0) is 50.7 Å². The molecule has 11 nitrogen and oxygen atoms in total. The van der Waals surface area contributed by atoms with E-state index in [-0.39, 0.29) is 49.1 Å². The fraction of sp³-hybridized carbons (Fsp3) is 0.771. The quantitative estimate of drug-likeness (QED) is 0.114. The maximum Gasteiger partial charge on any atom is 0.410 e. The van der Waals surface area contributed by atoms with Crippen LogP contribution in [0.3, 0.4) is 0 Å². The number of esters is 1. The lowest BCUT2D eigenvalue weighted by Gasteiger charge is -2.35. The number of cyclic esters (lactones) is 1. The summed E-state index contributed by atoms with van der Waals surface area (Å²) in [7, 11) is 0. The zero-order chi connectivity index (χ0) is 34.0. The van der Waals surface area contributed by atoms with E-state index in [0.717, 1.165) is 5.57 Å². The molecule has 1 amide bonds. The van der Waals surface area contributed by atoms with Gasteiger partial charge in [0.05, 0.1) is 43.0 Å². The summed E-state index contributed by atoms with van der Waals surface area (Å²) in [6, 6.07) is 0. The van der Waals surface area contributed by atoms with E-state index in [9.17, 15) is 30.0 Å². The minimum absolute atomic E-state index is 0.0000196. The number of allylic oxidation sites excluding steroid dienone is 2. The van der Waals surface area contributed by atoms with E-state index in [1.54, 1.807) is 24.0 Å². The minimum atomic E-state index is -1.13. The van der Waals surface area contributed by atoms with Crippen molar-refractivity contribution < 1.29 is 44.2 Å². The first-order chi connectivity index (χ1) is 21.7. The number of carbonyl (C=O) groups excluding carboxylic acids is 2. The van der Waals surface area contributed by atoms with E-state index in [4.69, 9.17) is 14.2 Å². The maximum absolute atomic E-state index is 13.1. The predicted octanol–water partition coefficient (Wildman–Crippen LogP) is 3.20. The molecule has 11 heteroatoms. The molecule has 0 aliphatic carbocycles. The molecule has 3 rings (SSSR count).